The lowest BCUT2D eigenvalue weighted by atomic mass is 10.2. The normalized spacial score (nSPS) is 11.4. The molecule has 3 aromatic rings. The zero-order valence-corrected chi connectivity index (χ0v) is 12.1. The highest BCUT2D eigenvalue weighted by Gasteiger charge is 2.10. The number of aromatic nitrogens is 5. The number of nitrogens with zero attached hydrogens (tertiary/aromatic N) is 5. The van der Waals surface area contributed by atoms with Gasteiger partial charge in [0.15, 0.2) is 11.2 Å². The van der Waals surface area contributed by atoms with Gasteiger partial charge in [0.1, 0.15) is 0 Å². The molecule has 0 aliphatic heterocycles. The molecule has 0 N–H and O–H groups in total. The standard InChI is InChI=1S/C15H13N5O2/c1-19-13-12(14(21)20(2)15(19)22)18-11(9-17-13)4-3-10-5-7-16-8-6-10/h3-9H,1-2H3/b4-3+. The first kappa shape index (κ1) is 13.9. The summed E-state index contributed by atoms with van der Waals surface area (Å²) in [5.74, 6) is 0. The van der Waals surface area contributed by atoms with Gasteiger partial charge >= 0.3 is 5.69 Å². The number of rotatable bonds is 2. The van der Waals surface area contributed by atoms with Crippen LogP contribution in [0.2, 0.25) is 0 Å². The summed E-state index contributed by atoms with van der Waals surface area (Å²) in [5.41, 5.74) is 1.07. The van der Waals surface area contributed by atoms with Gasteiger partial charge in [0, 0.05) is 26.5 Å². The van der Waals surface area contributed by atoms with Gasteiger partial charge in [-0.25, -0.2) is 14.8 Å². The molecule has 0 saturated heterocycles. The van der Waals surface area contributed by atoms with Crippen molar-refractivity contribution < 1.29 is 0 Å². The second-order valence-electron chi connectivity index (χ2n) is 4.79. The molecule has 0 radical (unpaired) electrons. The summed E-state index contributed by atoms with van der Waals surface area (Å²) in [6, 6.07) is 3.71. The molecule has 0 amide bonds. The lowest BCUT2D eigenvalue weighted by molar-refractivity contribution is 0.704. The van der Waals surface area contributed by atoms with E-state index in [0.717, 1.165) is 10.1 Å². The van der Waals surface area contributed by atoms with E-state index in [1.807, 2.05) is 18.2 Å². The largest absolute Gasteiger partial charge is 0.332 e. The number of hydrogen-bond acceptors (Lipinski definition) is 5. The molecular weight excluding hydrogens is 282 g/mol. The predicted octanol–water partition coefficient (Wildman–Crippen LogP) is 0.593. The van der Waals surface area contributed by atoms with E-state index in [2.05, 4.69) is 15.0 Å². The predicted molar refractivity (Wildman–Crippen MR) is 83.2 cm³/mol. The van der Waals surface area contributed by atoms with Gasteiger partial charge in [-0.15, -0.1) is 0 Å². The minimum absolute atomic E-state index is 0.168. The highest BCUT2D eigenvalue weighted by atomic mass is 16.2. The van der Waals surface area contributed by atoms with Crippen LogP contribution in [0.25, 0.3) is 23.3 Å². The fourth-order valence-electron chi connectivity index (χ4n) is 2.08. The lowest BCUT2D eigenvalue weighted by Gasteiger charge is -2.05. The number of hydrogen-bond donors (Lipinski definition) is 0. The van der Waals surface area contributed by atoms with Crippen LogP contribution >= 0.6 is 0 Å². The summed E-state index contributed by atoms with van der Waals surface area (Å²) in [7, 11) is 2.98. The third kappa shape index (κ3) is 2.32. The highest BCUT2D eigenvalue weighted by molar-refractivity contribution is 5.73. The van der Waals surface area contributed by atoms with Crippen molar-refractivity contribution in [3.63, 3.8) is 0 Å². The molecule has 7 heteroatoms. The van der Waals surface area contributed by atoms with Crippen molar-refractivity contribution in [3.05, 3.63) is 62.8 Å². The van der Waals surface area contributed by atoms with Gasteiger partial charge in [0.05, 0.1) is 11.9 Å². The van der Waals surface area contributed by atoms with Crippen molar-refractivity contribution in [2.45, 2.75) is 0 Å². The lowest BCUT2D eigenvalue weighted by Crippen LogP contribution is -2.37. The second-order valence-corrected chi connectivity index (χ2v) is 4.79. The van der Waals surface area contributed by atoms with Crippen LogP contribution in [0.1, 0.15) is 11.3 Å². The Morgan fingerprint density at radius 2 is 1.77 bits per heavy atom. The summed E-state index contributed by atoms with van der Waals surface area (Å²) < 4.78 is 2.33. The van der Waals surface area contributed by atoms with E-state index in [1.54, 1.807) is 25.5 Å². The van der Waals surface area contributed by atoms with Gasteiger partial charge < -0.3 is 0 Å². The average Bonchev–Trinajstić information content (AvgIpc) is 2.57. The Morgan fingerprint density at radius 1 is 1.05 bits per heavy atom. The number of fused-ring (bicyclic) bond motifs is 1. The molecule has 22 heavy (non-hydrogen) atoms. The van der Waals surface area contributed by atoms with E-state index >= 15 is 0 Å². The van der Waals surface area contributed by atoms with Crippen molar-refractivity contribution in [2.24, 2.45) is 14.1 Å². The molecule has 0 aliphatic carbocycles. The van der Waals surface area contributed by atoms with Crippen LogP contribution in [0, 0.1) is 0 Å². The fourth-order valence-corrected chi connectivity index (χ4v) is 2.08. The maximum absolute atomic E-state index is 12.1. The zero-order valence-electron chi connectivity index (χ0n) is 12.1. The van der Waals surface area contributed by atoms with Gasteiger partial charge in [-0.3, -0.25) is 18.9 Å². The van der Waals surface area contributed by atoms with Crippen LogP contribution in [-0.4, -0.2) is 24.1 Å². The molecular formula is C15H13N5O2. The molecule has 0 fully saturated rings. The summed E-state index contributed by atoms with van der Waals surface area (Å²) in [6.07, 6.45) is 8.52. The molecule has 3 heterocycles. The SMILES string of the molecule is Cn1c(=O)c2nc(/C=C/c3ccncc3)cnc2n(C)c1=O. The van der Waals surface area contributed by atoms with Crippen LogP contribution in [0.15, 0.2) is 40.3 Å². The monoisotopic (exact) mass is 295 g/mol. The first-order valence-electron chi connectivity index (χ1n) is 6.59. The zero-order chi connectivity index (χ0) is 15.7. The maximum Gasteiger partial charge on any atom is 0.332 e. The van der Waals surface area contributed by atoms with E-state index < -0.39 is 11.2 Å². The Bertz CT molecular complexity index is 986. The van der Waals surface area contributed by atoms with E-state index in [1.165, 1.54) is 17.8 Å². The Hall–Kier alpha value is -3.09. The van der Waals surface area contributed by atoms with Gasteiger partial charge in [-0.05, 0) is 23.8 Å². The van der Waals surface area contributed by atoms with Crippen molar-refractivity contribution >= 4 is 23.3 Å². The molecule has 0 bridgehead atoms. The average molecular weight is 295 g/mol. The first-order valence-corrected chi connectivity index (χ1v) is 6.59. The van der Waals surface area contributed by atoms with Crippen molar-refractivity contribution in [2.75, 3.05) is 0 Å². The van der Waals surface area contributed by atoms with Crippen LogP contribution in [0.5, 0.6) is 0 Å². The molecule has 0 saturated carbocycles. The van der Waals surface area contributed by atoms with E-state index in [0.29, 0.717) is 5.69 Å². The Balaban J connectivity index is 2.13. The van der Waals surface area contributed by atoms with Gasteiger partial charge in [0.25, 0.3) is 5.56 Å². The van der Waals surface area contributed by atoms with E-state index in [9.17, 15) is 9.59 Å². The van der Waals surface area contributed by atoms with Gasteiger partial charge in [0.2, 0.25) is 0 Å². The first-order chi connectivity index (χ1) is 10.6. The van der Waals surface area contributed by atoms with Crippen LogP contribution in [0.4, 0.5) is 0 Å². The molecule has 0 aromatic carbocycles. The summed E-state index contributed by atoms with van der Waals surface area (Å²) in [5, 5.41) is 0. The molecule has 0 atom stereocenters. The number of aryl methyl sites for hydroxylation is 1. The third-order valence-corrected chi connectivity index (χ3v) is 3.32. The molecule has 0 unspecified atom stereocenters. The van der Waals surface area contributed by atoms with Crippen LogP contribution in [-0.2, 0) is 14.1 Å². The molecule has 0 aliphatic rings. The summed E-state index contributed by atoms with van der Waals surface area (Å²) in [6.45, 7) is 0. The molecule has 3 aromatic heterocycles. The summed E-state index contributed by atoms with van der Waals surface area (Å²) >= 11 is 0. The molecule has 110 valence electrons. The van der Waals surface area contributed by atoms with Crippen molar-refractivity contribution in [1.82, 2.24) is 24.1 Å². The Morgan fingerprint density at radius 3 is 2.50 bits per heavy atom. The third-order valence-electron chi connectivity index (χ3n) is 3.32. The van der Waals surface area contributed by atoms with Crippen LogP contribution in [0.3, 0.4) is 0 Å². The maximum atomic E-state index is 12.1. The van der Waals surface area contributed by atoms with Crippen LogP contribution < -0.4 is 11.2 Å². The molecule has 0 spiro atoms. The van der Waals surface area contributed by atoms with E-state index in [-0.39, 0.29) is 11.2 Å². The quantitative estimate of drug-likeness (QED) is 0.691. The summed E-state index contributed by atoms with van der Waals surface area (Å²) in [4.78, 5) is 36.4. The Labute approximate surface area is 125 Å². The highest BCUT2D eigenvalue weighted by Crippen LogP contribution is 2.07. The number of pyridine rings is 1. The smallest absolute Gasteiger partial charge is 0.279 e. The van der Waals surface area contributed by atoms with Gasteiger partial charge in [-0.2, -0.15) is 0 Å². The van der Waals surface area contributed by atoms with Crippen molar-refractivity contribution in [3.8, 4) is 0 Å². The topological polar surface area (TPSA) is 82.7 Å². The Kier molecular flexibility index (Phi) is 3.38. The fraction of sp³-hybridized carbons (Fsp3) is 0.133. The molecule has 7 nitrogen and oxygen atoms in total. The van der Waals surface area contributed by atoms with Gasteiger partial charge in [-0.1, -0.05) is 6.08 Å². The van der Waals surface area contributed by atoms with Crippen molar-refractivity contribution in [1.29, 1.82) is 0 Å². The van der Waals surface area contributed by atoms with E-state index in [4.69, 9.17) is 0 Å². The minimum atomic E-state index is -0.454. The second kappa shape index (κ2) is 5.36. The minimum Gasteiger partial charge on any atom is -0.279 e. The molecule has 3 rings (SSSR count).